The van der Waals surface area contributed by atoms with Gasteiger partial charge >= 0.3 is 0 Å². The number of phenols is 1. The number of aliphatic hydroxyl groups is 1. The third-order valence-corrected chi connectivity index (χ3v) is 9.97. The molecule has 0 bridgehead atoms. The Balaban J connectivity index is 1.54. The van der Waals surface area contributed by atoms with Crippen LogP contribution in [0.15, 0.2) is 77.7 Å². The molecule has 0 aromatic heterocycles. The van der Waals surface area contributed by atoms with Crippen LogP contribution in [0.2, 0.25) is 0 Å². The predicted molar refractivity (Wildman–Crippen MR) is 167 cm³/mol. The van der Waals surface area contributed by atoms with Crippen LogP contribution in [0, 0.1) is 13.8 Å². The molecule has 0 unspecified atom stereocenters. The molecule has 1 heterocycles. The van der Waals surface area contributed by atoms with Gasteiger partial charge in [0, 0.05) is 33.1 Å². The molecule has 1 fully saturated rings. The van der Waals surface area contributed by atoms with Crippen LogP contribution in [0.1, 0.15) is 40.9 Å². The molecule has 0 aliphatic carbocycles. The van der Waals surface area contributed by atoms with Crippen molar-refractivity contribution in [2.24, 2.45) is 0 Å². The highest BCUT2D eigenvalue weighted by atomic mass is 32.2. The van der Waals surface area contributed by atoms with Gasteiger partial charge in [0.05, 0.1) is 11.9 Å². The van der Waals surface area contributed by atoms with Crippen molar-refractivity contribution in [3.8, 4) is 5.75 Å². The minimum atomic E-state index is -1.61. The number of carbonyl (C=O) groups is 3. The van der Waals surface area contributed by atoms with Gasteiger partial charge in [0.15, 0.2) is 6.10 Å². The Morgan fingerprint density at radius 3 is 2.43 bits per heavy atom. The van der Waals surface area contributed by atoms with Gasteiger partial charge in [0.2, 0.25) is 5.91 Å². The number of benzene rings is 3. The number of thioether (sulfide) groups is 2. The largest absolute Gasteiger partial charge is 0.508 e. The molecule has 10 heteroatoms. The maximum absolute atomic E-state index is 13.9. The highest BCUT2D eigenvalue weighted by molar-refractivity contribution is 8.01. The van der Waals surface area contributed by atoms with Crippen molar-refractivity contribution >= 4 is 41.2 Å². The maximum atomic E-state index is 13.9. The first-order valence-corrected chi connectivity index (χ1v) is 15.7. The molecule has 1 saturated heterocycles. The summed E-state index contributed by atoms with van der Waals surface area (Å²) in [5.41, 5.74) is 2.68. The van der Waals surface area contributed by atoms with E-state index < -0.39 is 34.7 Å². The molecule has 0 spiro atoms. The van der Waals surface area contributed by atoms with Gasteiger partial charge in [0.1, 0.15) is 11.8 Å². The van der Waals surface area contributed by atoms with E-state index in [1.54, 1.807) is 19.1 Å². The van der Waals surface area contributed by atoms with Gasteiger partial charge in [-0.15, -0.1) is 23.5 Å². The van der Waals surface area contributed by atoms with Gasteiger partial charge in [-0.2, -0.15) is 0 Å². The Bertz CT molecular complexity index is 1430. The van der Waals surface area contributed by atoms with Crippen molar-refractivity contribution in [2.45, 2.75) is 62.1 Å². The summed E-state index contributed by atoms with van der Waals surface area (Å²) >= 11 is 2.86. The third kappa shape index (κ3) is 7.29. The van der Waals surface area contributed by atoms with Gasteiger partial charge < -0.3 is 25.7 Å². The average molecular weight is 608 g/mol. The highest BCUT2D eigenvalue weighted by Crippen LogP contribution is 2.40. The number of hydrogen-bond donors (Lipinski definition) is 4. The molecule has 4 N–H and O–H groups in total. The molecule has 3 atom stereocenters. The maximum Gasteiger partial charge on any atom is 0.255 e. The third-order valence-electron chi connectivity index (χ3n) is 7.46. The molecule has 3 aromatic carbocycles. The van der Waals surface area contributed by atoms with Gasteiger partial charge in [-0.1, -0.05) is 48.5 Å². The standard InChI is InChI=1S/C32H37N3O5S2/c1-20-11-8-9-12-22(20)17-33-30(39)28-32(3,4)42-19-35(28)31(40)27(37)25(18-41-23-13-6-5-7-14-23)34-29(38)24-15-10-16-26(36)21(24)2/h5-16,25,27-28,36-37H,17-19H2,1-4H3,(H,33,39)(H,34,38)/t25-,27-,28+/m0/s1. The van der Waals surface area contributed by atoms with E-state index in [0.717, 1.165) is 16.0 Å². The Morgan fingerprint density at radius 1 is 1.02 bits per heavy atom. The van der Waals surface area contributed by atoms with E-state index in [2.05, 4.69) is 10.6 Å². The van der Waals surface area contributed by atoms with Crippen LogP contribution in [0.3, 0.4) is 0 Å². The topological polar surface area (TPSA) is 119 Å². The second-order valence-corrected chi connectivity index (χ2v) is 13.5. The van der Waals surface area contributed by atoms with Crippen molar-refractivity contribution in [3.05, 3.63) is 95.1 Å². The van der Waals surface area contributed by atoms with Gasteiger partial charge in [0.25, 0.3) is 11.8 Å². The molecule has 4 rings (SSSR count). The molecule has 222 valence electrons. The van der Waals surface area contributed by atoms with Crippen molar-refractivity contribution in [2.75, 3.05) is 11.6 Å². The van der Waals surface area contributed by atoms with E-state index in [1.165, 1.54) is 34.5 Å². The van der Waals surface area contributed by atoms with E-state index >= 15 is 0 Å². The fourth-order valence-electron chi connectivity index (χ4n) is 4.87. The van der Waals surface area contributed by atoms with Crippen LogP contribution in [-0.2, 0) is 16.1 Å². The van der Waals surface area contributed by atoms with E-state index in [0.29, 0.717) is 12.1 Å². The zero-order valence-electron chi connectivity index (χ0n) is 24.2. The first-order chi connectivity index (χ1) is 20.0. The van der Waals surface area contributed by atoms with Crippen LogP contribution in [-0.4, -0.2) is 67.4 Å². The predicted octanol–water partition coefficient (Wildman–Crippen LogP) is 4.26. The molecule has 0 radical (unpaired) electrons. The summed E-state index contributed by atoms with van der Waals surface area (Å²) in [4.78, 5) is 42.9. The number of aryl methyl sites for hydroxylation is 1. The zero-order chi connectivity index (χ0) is 30.4. The van der Waals surface area contributed by atoms with Gasteiger partial charge in [-0.25, -0.2) is 0 Å². The van der Waals surface area contributed by atoms with Crippen LogP contribution >= 0.6 is 23.5 Å². The van der Waals surface area contributed by atoms with Crippen molar-refractivity contribution in [3.63, 3.8) is 0 Å². The minimum Gasteiger partial charge on any atom is -0.508 e. The number of carbonyl (C=O) groups excluding carboxylic acids is 3. The lowest BCUT2D eigenvalue weighted by atomic mass is 9.99. The fraction of sp³-hybridized carbons (Fsp3) is 0.344. The number of nitrogens with one attached hydrogen (secondary N) is 2. The molecular formula is C32H37N3O5S2. The Labute approximate surface area is 255 Å². The summed E-state index contributed by atoms with van der Waals surface area (Å²) in [6, 6.07) is 20.1. The van der Waals surface area contributed by atoms with E-state index in [9.17, 15) is 24.6 Å². The normalized spacial score (nSPS) is 17.4. The lowest BCUT2D eigenvalue weighted by Gasteiger charge is -2.33. The quantitative estimate of drug-likeness (QED) is 0.255. The molecule has 1 aliphatic rings. The number of nitrogens with zero attached hydrogens (tertiary/aromatic N) is 1. The molecule has 42 heavy (non-hydrogen) atoms. The average Bonchev–Trinajstić information content (AvgIpc) is 3.30. The van der Waals surface area contributed by atoms with Crippen molar-refractivity contribution < 1.29 is 24.6 Å². The first kappa shape index (κ1) is 31.5. The number of aromatic hydroxyl groups is 1. The first-order valence-electron chi connectivity index (χ1n) is 13.7. The number of hydrogen-bond acceptors (Lipinski definition) is 7. The van der Waals surface area contributed by atoms with Gasteiger partial charge in [-0.05, 0) is 63.1 Å². The second kappa shape index (κ2) is 13.7. The Kier molecular flexibility index (Phi) is 10.2. The van der Waals surface area contributed by atoms with E-state index in [4.69, 9.17) is 0 Å². The Hall–Kier alpha value is -3.47. The number of amides is 3. The minimum absolute atomic E-state index is 0.0228. The summed E-state index contributed by atoms with van der Waals surface area (Å²) in [5, 5.41) is 27.3. The van der Waals surface area contributed by atoms with Crippen LogP contribution < -0.4 is 10.6 Å². The number of aliphatic hydroxyl groups excluding tert-OH is 1. The zero-order valence-corrected chi connectivity index (χ0v) is 25.8. The fourth-order valence-corrected chi connectivity index (χ4v) is 7.00. The molecular weight excluding hydrogens is 571 g/mol. The van der Waals surface area contributed by atoms with E-state index in [1.807, 2.05) is 75.4 Å². The van der Waals surface area contributed by atoms with Crippen LogP contribution in [0.4, 0.5) is 0 Å². The van der Waals surface area contributed by atoms with Crippen LogP contribution in [0.25, 0.3) is 0 Å². The summed E-state index contributed by atoms with van der Waals surface area (Å²) in [5.74, 6) is -1.04. The molecule has 8 nitrogen and oxygen atoms in total. The lowest BCUT2D eigenvalue weighted by Crippen LogP contribution is -2.58. The summed E-state index contributed by atoms with van der Waals surface area (Å²) in [6.45, 7) is 7.74. The van der Waals surface area contributed by atoms with Crippen molar-refractivity contribution in [1.82, 2.24) is 15.5 Å². The van der Waals surface area contributed by atoms with Gasteiger partial charge in [-0.3, -0.25) is 14.4 Å². The number of rotatable bonds is 10. The van der Waals surface area contributed by atoms with E-state index in [-0.39, 0.29) is 28.8 Å². The molecule has 1 aliphatic heterocycles. The summed E-state index contributed by atoms with van der Waals surface area (Å²) in [6.07, 6.45) is -1.61. The SMILES string of the molecule is Cc1ccccc1CNC(=O)[C@H]1N(C(=O)[C@@H](O)[C@H](CSc2ccccc2)NC(=O)c2cccc(O)c2C)CSC1(C)C. The monoisotopic (exact) mass is 607 g/mol. The molecule has 3 amide bonds. The Morgan fingerprint density at radius 2 is 1.71 bits per heavy atom. The molecule has 3 aromatic rings. The summed E-state index contributed by atoms with van der Waals surface area (Å²) < 4.78 is -0.596. The summed E-state index contributed by atoms with van der Waals surface area (Å²) in [7, 11) is 0. The number of phenolic OH excluding ortho intramolecular Hbond substituents is 1. The second-order valence-electron chi connectivity index (χ2n) is 10.8. The molecule has 0 saturated carbocycles. The smallest absolute Gasteiger partial charge is 0.255 e. The lowest BCUT2D eigenvalue weighted by molar-refractivity contribution is -0.147. The van der Waals surface area contributed by atoms with Crippen LogP contribution in [0.5, 0.6) is 5.75 Å². The van der Waals surface area contributed by atoms with Crippen molar-refractivity contribution in [1.29, 1.82) is 0 Å². The highest BCUT2D eigenvalue weighted by Gasteiger charge is 2.49.